The monoisotopic (exact) mass is 538 g/mol. The van der Waals surface area contributed by atoms with Gasteiger partial charge in [-0.05, 0) is 37.6 Å². The first-order chi connectivity index (χ1) is 17.5. The first-order valence-electron chi connectivity index (χ1n) is 12.7. The highest BCUT2D eigenvalue weighted by atomic mass is 35.5. The molecule has 0 radical (unpaired) electrons. The molecular weight excluding hydrogens is 506 g/mol. The van der Waals surface area contributed by atoms with Crippen molar-refractivity contribution in [1.29, 1.82) is 0 Å². The number of nitrogens with two attached hydrogens (primary N) is 1. The van der Waals surface area contributed by atoms with Crippen molar-refractivity contribution in [3.05, 3.63) is 17.2 Å². The molecule has 0 bridgehead atoms. The van der Waals surface area contributed by atoms with E-state index in [9.17, 15) is 9.18 Å². The fourth-order valence-corrected chi connectivity index (χ4v) is 6.56. The molecule has 3 aliphatic rings. The Bertz CT molecular complexity index is 1200. The molecule has 9 nitrogen and oxygen atoms in total. The minimum absolute atomic E-state index is 0.0128. The van der Waals surface area contributed by atoms with E-state index in [-0.39, 0.29) is 34.7 Å². The first kappa shape index (κ1) is 26.1. The number of amides is 1. The highest BCUT2D eigenvalue weighted by molar-refractivity contribution is 6.30. The zero-order chi connectivity index (χ0) is 26.5. The molecule has 2 aromatic heterocycles. The standard InChI is InChI=1S/C25H33ClF2N6O3/c1-24(2,3)19-16(37-22(29)35)6-4-9-34(19)21-15-11-30-20(26)17(28)18(15)31-23(32-21)36-13-25-7-5-8-33(25)12-14(27)10-25/h11,14,16,19H,4-10,12-13H2,1-3H3,(H2,29,35)/t14-,16?,19-,25+/m1/s1. The second kappa shape index (κ2) is 9.65. The van der Waals surface area contributed by atoms with Gasteiger partial charge in [0.1, 0.15) is 30.2 Å². The number of carbonyl (C=O) groups excluding carboxylic acids is 1. The lowest BCUT2D eigenvalue weighted by Gasteiger charge is -2.47. The summed E-state index contributed by atoms with van der Waals surface area (Å²) in [5.41, 5.74) is 4.60. The van der Waals surface area contributed by atoms with E-state index in [0.29, 0.717) is 43.6 Å². The van der Waals surface area contributed by atoms with Crippen molar-refractivity contribution in [2.75, 3.05) is 31.1 Å². The number of ether oxygens (including phenoxy) is 2. The van der Waals surface area contributed by atoms with Crippen LogP contribution in [0.25, 0.3) is 10.9 Å². The summed E-state index contributed by atoms with van der Waals surface area (Å²) >= 11 is 6.01. The summed E-state index contributed by atoms with van der Waals surface area (Å²) in [6, 6.07) is -0.331. The number of aromatic nitrogens is 3. The maximum Gasteiger partial charge on any atom is 0.404 e. The van der Waals surface area contributed by atoms with Gasteiger partial charge in [0.2, 0.25) is 0 Å². The van der Waals surface area contributed by atoms with E-state index < -0.39 is 29.7 Å². The van der Waals surface area contributed by atoms with Gasteiger partial charge < -0.3 is 20.1 Å². The number of primary amides is 1. The average molecular weight is 539 g/mol. The first-order valence-corrected chi connectivity index (χ1v) is 13.1. The van der Waals surface area contributed by atoms with Crippen molar-refractivity contribution >= 4 is 34.4 Å². The van der Waals surface area contributed by atoms with Gasteiger partial charge >= 0.3 is 12.1 Å². The van der Waals surface area contributed by atoms with E-state index in [1.54, 1.807) is 0 Å². The molecule has 4 atom stereocenters. The Labute approximate surface area is 219 Å². The Hall–Kier alpha value is -2.53. The normalized spacial score (nSPS) is 28.5. The number of fused-ring (bicyclic) bond motifs is 2. The van der Waals surface area contributed by atoms with Crippen LogP contribution in [0, 0.1) is 11.2 Å². The topological polar surface area (TPSA) is 107 Å². The van der Waals surface area contributed by atoms with Gasteiger partial charge in [0, 0.05) is 25.7 Å². The lowest BCUT2D eigenvalue weighted by Crippen LogP contribution is -2.57. The maximum atomic E-state index is 15.2. The molecule has 3 aliphatic heterocycles. The molecule has 12 heteroatoms. The number of hydrogen-bond donors (Lipinski definition) is 1. The van der Waals surface area contributed by atoms with Gasteiger partial charge in [0.05, 0.1) is 17.0 Å². The molecular formula is C25H33ClF2N6O3. The van der Waals surface area contributed by atoms with E-state index in [2.05, 4.69) is 14.9 Å². The van der Waals surface area contributed by atoms with E-state index >= 15 is 4.39 Å². The second-order valence-electron chi connectivity index (χ2n) is 11.4. The summed E-state index contributed by atoms with van der Waals surface area (Å²) in [5.74, 6) is -0.358. The van der Waals surface area contributed by atoms with Crippen molar-refractivity contribution < 1.29 is 23.0 Å². The number of anilines is 1. The predicted molar refractivity (Wildman–Crippen MR) is 135 cm³/mol. The highest BCUT2D eigenvalue weighted by Crippen LogP contribution is 2.42. The smallest absolute Gasteiger partial charge is 0.404 e. The molecule has 5 heterocycles. The van der Waals surface area contributed by atoms with Gasteiger partial charge in [-0.15, -0.1) is 0 Å². The molecule has 0 aromatic carbocycles. The van der Waals surface area contributed by atoms with Crippen molar-refractivity contribution in [3.63, 3.8) is 0 Å². The molecule has 2 N–H and O–H groups in total. The number of alkyl halides is 1. The van der Waals surface area contributed by atoms with Crippen LogP contribution in [-0.4, -0.2) is 76.0 Å². The van der Waals surface area contributed by atoms with Crippen LogP contribution in [0.1, 0.15) is 52.9 Å². The van der Waals surface area contributed by atoms with Crippen molar-refractivity contribution in [2.45, 2.75) is 76.7 Å². The largest absolute Gasteiger partial charge is 0.461 e. The number of rotatable bonds is 5. The van der Waals surface area contributed by atoms with E-state index in [4.69, 9.17) is 31.8 Å². The minimum Gasteiger partial charge on any atom is -0.461 e. The molecule has 37 heavy (non-hydrogen) atoms. The summed E-state index contributed by atoms with van der Waals surface area (Å²) in [6.45, 7) is 8.10. The zero-order valence-electron chi connectivity index (χ0n) is 21.3. The van der Waals surface area contributed by atoms with Crippen LogP contribution < -0.4 is 15.4 Å². The lowest BCUT2D eigenvalue weighted by molar-refractivity contribution is 0.0399. The average Bonchev–Trinajstić information content (AvgIpc) is 3.34. The number of nitrogens with zero attached hydrogens (tertiary/aromatic N) is 5. The van der Waals surface area contributed by atoms with Crippen LogP contribution in [0.4, 0.5) is 19.4 Å². The van der Waals surface area contributed by atoms with Gasteiger partial charge in [0.15, 0.2) is 11.0 Å². The summed E-state index contributed by atoms with van der Waals surface area (Å²) in [5, 5.41) is 0.0641. The van der Waals surface area contributed by atoms with Crippen molar-refractivity contribution in [2.24, 2.45) is 11.1 Å². The van der Waals surface area contributed by atoms with Gasteiger partial charge in [0.25, 0.3) is 0 Å². The number of piperidine rings is 1. The summed E-state index contributed by atoms with van der Waals surface area (Å²) in [4.78, 5) is 28.9. The molecule has 5 rings (SSSR count). The number of carbonyl (C=O) groups is 1. The fraction of sp³-hybridized carbons (Fsp3) is 0.680. The van der Waals surface area contributed by atoms with Crippen LogP contribution in [0.2, 0.25) is 5.15 Å². The Balaban J connectivity index is 1.56. The molecule has 3 fully saturated rings. The lowest BCUT2D eigenvalue weighted by atomic mass is 9.78. The van der Waals surface area contributed by atoms with Gasteiger partial charge in [-0.1, -0.05) is 32.4 Å². The van der Waals surface area contributed by atoms with Crippen LogP contribution in [-0.2, 0) is 4.74 Å². The zero-order valence-corrected chi connectivity index (χ0v) is 22.1. The van der Waals surface area contributed by atoms with Crippen LogP contribution in [0.3, 0.4) is 0 Å². The molecule has 1 unspecified atom stereocenters. The maximum absolute atomic E-state index is 15.2. The van der Waals surface area contributed by atoms with Crippen LogP contribution in [0.15, 0.2) is 6.20 Å². The third-order valence-electron chi connectivity index (χ3n) is 7.83. The molecule has 0 spiro atoms. The predicted octanol–water partition coefficient (Wildman–Crippen LogP) is 4.25. The van der Waals surface area contributed by atoms with Crippen LogP contribution >= 0.6 is 11.6 Å². The van der Waals surface area contributed by atoms with Gasteiger partial charge in [-0.3, -0.25) is 4.90 Å². The quantitative estimate of drug-likeness (QED) is 0.563. The Kier molecular flexibility index (Phi) is 6.81. The van der Waals surface area contributed by atoms with Crippen LogP contribution in [0.5, 0.6) is 6.01 Å². The molecule has 3 saturated heterocycles. The number of hydrogen-bond acceptors (Lipinski definition) is 8. The van der Waals surface area contributed by atoms with Crippen molar-refractivity contribution in [3.8, 4) is 6.01 Å². The third kappa shape index (κ3) is 4.87. The Morgan fingerprint density at radius 2 is 2.08 bits per heavy atom. The Morgan fingerprint density at radius 3 is 2.81 bits per heavy atom. The summed E-state index contributed by atoms with van der Waals surface area (Å²) in [7, 11) is 0. The number of pyridine rings is 1. The molecule has 0 saturated carbocycles. The molecule has 2 aromatic rings. The molecule has 0 aliphatic carbocycles. The van der Waals surface area contributed by atoms with Gasteiger partial charge in [-0.2, -0.15) is 9.97 Å². The van der Waals surface area contributed by atoms with Crippen molar-refractivity contribution in [1.82, 2.24) is 19.9 Å². The van der Waals surface area contributed by atoms with E-state index in [0.717, 1.165) is 19.4 Å². The highest BCUT2D eigenvalue weighted by Gasteiger charge is 2.49. The minimum atomic E-state index is -0.901. The summed E-state index contributed by atoms with van der Waals surface area (Å²) in [6.07, 6.45) is 2.72. The Morgan fingerprint density at radius 1 is 1.30 bits per heavy atom. The SMILES string of the molecule is CC(C)(C)[C@H]1C(OC(N)=O)CCCN1c1nc(OC[C@@]23CCCN2C[C@H](F)C3)nc2c(F)c(Cl)ncc12. The fourth-order valence-electron chi connectivity index (χ4n) is 6.43. The van der Waals surface area contributed by atoms with E-state index in [1.807, 2.05) is 25.7 Å². The second-order valence-corrected chi connectivity index (χ2v) is 11.8. The third-order valence-corrected chi connectivity index (χ3v) is 8.10. The molecule has 1 amide bonds. The van der Waals surface area contributed by atoms with Gasteiger partial charge in [-0.25, -0.2) is 18.6 Å². The van der Waals surface area contributed by atoms with E-state index in [1.165, 1.54) is 6.20 Å². The number of halogens is 3. The summed E-state index contributed by atoms with van der Waals surface area (Å²) < 4.78 is 41.1. The molecule has 202 valence electrons.